The fraction of sp³-hybridized carbons (Fsp3) is 0.160. The summed E-state index contributed by atoms with van der Waals surface area (Å²) in [6.45, 7) is 17.1. The van der Waals surface area contributed by atoms with E-state index in [1.54, 1.807) is 19.1 Å². The summed E-state index contributed by atoms with van der Waals surface area (Å²) >= 11 is 0. The van der Waals surface area contributed by atoms with Crippen LogP contribution in [0.15, 0.2) is 104 Å². The summed E-state index contributed by atoms with van der Waals surface area (Å²) in [5.74, 6) is 0.344. The molecule has 144 valence electrons. The summed E-state index contributed by atoms with van der Waals surface area (Å²) in [7, 11) is 0. The van der Waals surface area contributed by atoms with E-state index in [2.05, 4.69) is 26.3 Å². The van der Waals surface area contributed by atoms with E-state index in [1.165, 1.54) is 12.2 Å². The molecule has 0 amide bonds. The van der Waals surface area contributed by atoms with Crippen LogP contribution in [0, 0.1) is 11.3 Å². The fourth-order valence-electron chi connectivity index (χ4n) is 2.18. The van der Waals surface area contributed by atoms with Crippen LogP contribution < -0.4 is 4.74 Å². The maximum absolute atomic E-state index is 14.6. The Kier molecular flexibility index (Phi) is 9.78. The molecule has 0 saturated carbocycles. The van der Waals surface area contributed by atoms with Gasteiger partial charge in [-0.05, 0) is 66.3 Å². The third-order valence-electron chi connectivity index (χ3n) is 3.98. The minimum absolute atomic E-state index is 0.281. The summed E-state index contributed by atoms with van der Waals surface area (Å²) in [6, 6.07) is 9.34. The van der Waals surface area contributed by atoms with E-state index < -0.39 is 5.83 Å². The van der Waals surface area contributed by atoms with Gasteiger partial charge in [0.05, 0.1) is 12.7 Å². The first-order valence-electron chi connectivity index (χ1n) is 8.94. The number of ether oxygens (including phenoxy) is 1. The van der Waals surface area contributed by atoms with Crippen LogP contribution in [0.1, 0.15) is 25.3 Å². The van der Waals surface area contributed by atoms with Gasteiger partial charge in [0.25, 0.3) is 0 Å². The SMILES string of the molecule is C=CCCCOc1ccc(/C(C=C)=C/C(F)=C(\C)C(=C)/C=C\C(=C)C#N)cc1. The highest BCUT2D eigenvalue weighted by atomic mass is 19.1. The Morgan fingerprint density at radius 1 is 1.18 bits per heavy atom. The highest BCUT2D eigenvalue weighted by Crippen LogP contribution is 2.24. The van der Waals surface area contributed by atoms with E-state index in [1.807, 2.05) is 36.4 Å². The Bertz CT molecular complexity index is 861. The molecular formula is C25H26FNO. The highest BCUT2D eigenvalue weighted by molar-refractivity contribution is 5.76. The van der Waals surface area contributed by atoms with Crippen molar-refractivity contribution in [1.82, 2.24) is 0 Å². The third kappa shape index (κ3) is 7.47. The van der Waals surface area contributed by atoms with Crippen molar-refractivity contribution in [3.05, 3.63) is 109 Å². The molecule has 0 N–H and O–H groups in total. The highest BCUT2D eigenvalue weighted by Gasteiger charge is 2.05. The number of rotatable bonds is 11. The van der Waals surface area contributed by atoms with Crippen molar-refractivity contribution in [3.8, 4) is 11.8 Å². The monoisotopic (exact) mass is 375 g/mol. The van der Waals surface area contributed by atoms with Crippen LogP contribution in [-0.4, -0.2) is 6.61 Å². The van der Waals surface area contributed by atoms with Crippen LogP contribution in [0.2, 0.25) is 0 Å². The number of allylic oxidation sites excluding steroid dienone is 10. The molecule has 0 radical (unpaired) electrons. The van der Waals surface area contributed by atoms with Gasteiger partial charge >= 0.3 is 0 Å². The zero-order chi connectivity index (χ0) is 20.9. The number of nitrogens with zero attached hydrogens (tertiary/aromatic N) is 1. The third-order valence-corrected chi connectivity index (χ3v) is 3.98. The smallest absolute Gasteiger partial charge is 0.127 e. The molecule has 0 unspecified atom stereocenters. The lowest BCUT2D eigenvalue weighted by Gasteiger charge is -2.08. The molecule has 0 atom stereocenters. The Morgan fingerprint density at radius 3 is 2.43 bits per heavy atom. The normalized spacial score (nSPS) is 12.1. The summed E-state index contributed by atoms with van der Waals surface area (Å²) in [4.78, 5) is 0. The molecule has 3 heteroatoms. The Labute approximate surface area is 167 Å². The van der Waals surface area contributed by atoms with E-state index in [9.17, 15) is 4.39 Å². The molecule has 0 fully saturated rings. The number of benzene rings is 1. The average Bonchev–Trinajstić information content (AvgIpc) is 2.72. The molecule has 1 aromatic carbocycles. The average molecular weight is 375 g/mol. The zero-order valence-electron chi connectivity index (χ0n) is 16.4. The number of hydrogen-bond donors (Lipinski definition) is 0. The Hall–Kier alpha value is -3.38. The minimum Gasteiger partial charge on any atom is -0.494 e. The molecule has 28 heavy (non-hydrogen) atoms. The quantitative estimate of drug-likeness (QED) is 0.180. The molecule has 0 aromatic heterocycles. The molecule has 0 aliphatic rings. The topological polar surface area (TPSA) is 33.0 Å². The number of unbranched alkanes of at least 4 members (excludes halogenated alkanes) is 1. The van der Waals surface area contributed by atoms with Gasteiger partial charge in [-0.25, -0.2) is 4.39 Å². The predicted octanol–water partition coefficient (Wildman–Crippen LogP) is 7.04. The molecule has 0 bridgehead atoms. The molecule has 1 rings (SSSR count). The second kappa shape index (κ2) is 12.1. The van der Waals surface area contributed by atoms with Gasteiger partial charge in [-0.2, -0.15) is 5.26 Å². The first kappa shape index (κ1) is 22.7. The molecule has 0 aliphatic heterocycles. The minimum atomic E-state index is -0.420. The van der Waals surface area contributed by atoms with E-state index in [-0.39, 0.29) is 5.57 Å². The van der Waals surface area contributed by atoms with Crippen molar-refractivity contribution in [1.29, 1.82) is 5.26 Å². The van der Waals surface area contributed by atoms with Gasteiger partial charge in [0.2, 0.25) is 0 Å². The van der Waals surface area contributed by atoms with E-state index in [4.69, 9.17) is 10.00 Å². The summed E-state index contributed by atoms with van der Waals surface area (Å²) in [5.41, 5.74) is 2.60. The van der Waals surface area contributed by atoms with Gasteiger partial charge in [0, 0.05) is 5.57 Å². The van der Waals surface area contributed by atoms with Crippen LogP contribution in [0.5, 0.6) is 5.75 Å². The maximum atomic E-state index is 14.6. The van der Waals surface area contributed by atoms with E-state index in [0.717, 1.165) is 24.2 Å². The molecule has 0 saturated heterocycles. The molecule has 2 nitrogen and oxygen atoms in total. The second-order valence-electron chi connectivity index (χ2n) is 6.08. The van der Waals surface area contributed by atoms with Crippen molar-refractivity contribution in [2.75, 3.05) is 6.61 Å². The van der Waals surface area contributed by atoms with Crippen LogP contribution >= 0.6 is 0 Å². The van der Waals surface area contributed by atoms with Crippen molar-refractivity contribution in [2.45, 2.75) is 19.8 Å². The Balaban J connectivity index is 2.94. The van der Waals surface area contributed by atoms with Crippen LogP contribution in [-0.2, 0) is 0 Å². The Morgan fingerprint density at radius 2 is 1.86 bits per heavy atom. The van der Waals surface area contributed by atoms with Crippen molar-refractivity contribution in [3.63, 3.8) is 0 Å². The maximum Gasteiger partial charge on any atom is 0.127 e. The zero-order valence-corrected chi connectivity index (χ0v) is 16.4. The van der Waals surface area contributed by atoms with Gasteiger partial charge in [0.1, 0.15) is 11.6 Å². The number of halogens is 1. The standard InChI is InChI=1S/C25H26FNO/c1-6-8-9-16-28-24-14-12-23(13-15-24)22(7-2)17-25(26)21(5)20(4)11-10-19(3)18-27/h6-7,10-15,17H,1-4,8-9,16H2,5H3/b11-10-,22-17+,25-21-. The predicted molar refractivity (Wildman–Crippen MR) is 116 cm³/mol. The van der Waals surface area contributed by atoms with Gasteiger partial charge in [0.15, 0.2) is 0 Å². The van der Waals surface area contributed by atoms with Gasteiger partial charge in [-0.15, -0.1) is 6.58 Å². The van der Waals surface area contributed by atoms with Gasteiger partial charge < -0.3 is 4.74 Å². The summed E-state index contributed by atoms with van der Waals surface area (Å²) < 4.78 is 20.3. The molecule has 1 aromatic rings. The lowest BCUT2D eigenvalue weighted by Crippen LogP contribution is -1.96. The molecule has 0 aliphatic carbocycles. The molecule has 0 spiro atoms. The van der Waals surface area contributed by atoms with Crippen LogP contribution in [0.25, 0.3) is 5.57 Å². The summed E-state index contributed by atoms with van der Waals surface area (Å²) in [6.07, 6.45) is 9.78. The lowest BCUT2D eigenvalue weighted by atomic mass is 10.0. The van der Waals surface area contributed by atoms with Crippen molar-refractivity contribution in [2.24, 2.45) is 0 Å². The van der Waals surface area contributed by atoms with Gasteiger partial charge in [-0.1, -0.05) is 50.1 Å². The molecular weight excluding hydrogens is 349 g/mol. The molecule has 0 heterocycles. The van der Waals surface area contributed by atoms with E-state index in [0.29, 0.717) is 23.3 Å². The summed E-state index contributed by atoms with van der Waals surface area (Å²) in [5, 5.41) is 8.71. The second-order valence-corrected chi connectivity index (χ2v) is 6.08. The first-order chi connectivity index (χ1) is 13.4. The van der Waals surface area contributed by atoms with Crippen LogP contribution in [0.3, 0.4) is 0 Å². The van der Waals surface area contributed by atoms with Crippen LogP contribution in [0.4, 0.5) is 4.39 Å². The first-order valence-corrected chi connectivity index (χ1v) is 8.94. The van der Waals surface area contributed by atoms with Crippen molar-refractivity contribution < 1.29 is 9.13 Å². The number of nitriles is 1. The number of hydrogen-bond acceptors (Lipinski definition) is 2. The lowest BCUT2D eigenvalue weighted by molar-refractivity contribution is 0.312. The fourth-order valence-corrected chi connectivity index (χ4v) is 2.18. The van der Waals surface area contributed by atoms with Crippen molar-refractivity contribution >= 4 is 5.57 Å². The van der Waals surface area contributed by atoms with Gasteiger partial charge in [-0.3, -0.25) is 0 Å². The largest absolute Gasteiger partial charge is 0.494 e. The van der Waals surface area contributed by atoms with E-state index >= 15 is 0 Å².